The Morgan fingerprint density at radius 3 is 2.32 bits per heavy atom. The molecular weight excluding hydrogens is 348 g/mol. The lowest BCUT2D eigenvalue weighted by Crippen LogP contribution is -2.20. The number of benzene rings is 2. The summed E-state index contributed by atoms with van der Waals surface area (Å²) in [4.78, 5) is 12.3. The molecule has 25 heavy (non-hydrogen) atoms. The normalized spacial score (nSPS) is 15.9. The van der Waals surface area contributed by atoms with Crippen LogP contribution < -0.4 is 4.74 Å². The van der Waals surface area contributed by atoms with Crippen molar-refractivity contribution >= 4 is 26.4 Å². The summed E-state index contributed by atoms with van der Waals surface area (Å²) in [6, 6.07) is 19.1. The second kappa shape index (κ2) is 8.68. The standard InChI is InChI=1S/C21H24ClO2Si/c1-2-13-25-14-11-17(12-15-25)16-3-5-18(6-4-16)21(23)24-20-9-7-19(22)8-10-20/h3-10,17H,2,11-15H2,1H3. The largest absolute Gasteiger partial charge is 0.423 e. The zero-order valence-electron chi connectivity index (χ0n) is 14.6. The van der Waals surface area contributed by atoms with Crippen molar-refractivity contribution in [1.82, 2.24) is 0 Å². The van der Waals surface area contributed by atoms with E-state index in [4.69, 9.17) is 16.3 Å². The Bertz CT molecular complexity index is 689. The van der Waals surface area contributed by atoms with E-state index in [0.29, 0.717) is 22.3 Å². The van der Waals surface area contributed by atoms with Gasteiger partial charge in [0.25, 0.3) is 0 Å². The maximum atomic E-state index is 12.3. The molecule has 1 fully saturated rings. The van der Waals surface area contributed by atoms with E-state index in [9.17, 15) is 4.79 Å². The SMILES string of the molecule is CCC[Si]1CCC(c2ccc(C(=O)Oc3ccc(Cl)cc3)cc2)CC1. The minimum absolute atomic E-state index is 0.0806. The first-order valence-electron chi connectivity index (χ1n) is 9.07. The highest BCUT2D eigenvalue weighted by Gasteiger charge is 2.23. The monoisotopic (exact) mass is 371 g/mol. The number of rotatable bonds is 5. The van der Waals surface area contributed by atoms with E-state index in [0.717, 1.165) is 0 Å². The van der Waals surface area contributed by atoms with Gasteiger partial charge in [-0.1, -0.05) is 55.2 Å². The number of hydrogen-bond acceptors (Lipinski definition) is 2. The highest BCUT2D eigenvalue weighted by molar-refractivity contribution is 6.59. The van der Waals surface area contributed by atoms with E-state index >= 15 is 0 Å². The summed E-state index contributed by atoms with van der Waals surface area (Å²) in [6.07, 6.45) is 3.95. The molecule has 0 bridgehead atoms. The molecule has 2 nitrogen and oxygen atoms in total. The summed E-state index contributed by atoms with van der Waals surface area (Å²) in [6.45, 7) is 2.30. The molecule has 1 aliphatic heterocycles. The second-order valence-corrected chi connectivity index (χ2v) is 10.2. The van der Waals surface area contributed by atoms with Gasteiger partial charge in [0.05, 0.1) is 5.56 Å². The van der Waals surface area contributed by atoms with Crippen molar-refractivity contribution in [3.05, 3.63) is 64.7 Å². The van der Waals surface area contributed by atoms with Crippen LogP contribution in [0.4, 0.5) is 0 Å². The molecule has 0 spiro atoms. The fraction of sp³-hybridized carbons (Fsp3) is 0.381. The fourth-order valence-electron chi connectivity index (χ4n) is 3.52. The Balaban J connectivity index is 1.58. The van der Waals surface area contributed by atoms with Gasteiger partial charge in [-0.25, -0.2) is 4.79 Å². The van der Waals surface area contributed by atoms with Gasteiger partial charge in [-0.15, -0.1) is 0 Å². The maximum Gasteiger partial charge on any atom is 0.343 e. The van der Waals surface area contributed by atoms with E-state index in [1.807, 2.05) is 12.1 Å². The molecule has 0 amide bonds. The third kappa shape index (κ3) is 4.96. The summed E-state index contributed by atoms with van der Waals surface area (Å²) in [5, 5.41) is 0.625. The zero-order chi connectivity index (χ0) is 17.6. The Labute approximate surface area is 156 Å². The molecule has 4 heteroatoms. The second-order valence-electron chi connectivity index (χ2n) is 6.74. The number of ether oxygens (including phenoxy) is 1. The van der Waals surface area contributed by atoms with Crippen LogP contribution in [-0.2, 0) is 0 Å². The summed E-state index contributed by atoms with van der Waals surface area (Å²) in [5.41, 5.74) is 1.95. The Kier molecular flexibility index (Phi) is 6.32. The maximum absolute atomic E-state index is 12.3. The predicted octanol–water partition coefficient (Wildman–Crippen LogP) is 6.34. The Morgan fingerprint density at radius 1 is 1.08 bits per heavy atom. The van der Waals surface area contributed by atoms with E-state index in [1.54, 1.807) is 24.3 Å². The number of carbonyl (C=O) groups excluding carboxylic acids is 1. The lowest BCUT2D eigenvalue weighted by molar-refractivity contribution is 0.0734. The van der Waals surface area contributed by atoms with Crippen LogP contribution >= 0.6 is 11.6 Å². The molecule has 0 N–H and O–H groups in total. The summed E-state index contributed by atoms with van der Waals surface area (Å²) in [7, 11) is -0.0806. The van der Waals surface area contributed by atoms with E-state index in [2.05, 4.69) is 19.1 Å². The van der Waals surface area contributed by atoms with E-state index in [1.165, 1.54) is 43.0 Å². The molecule has 0 unspecified atom stereocenters. The molecule has 1 heterocycles. The van der Waals surface area contributed by atoms with Crippen LogP contribution in [0.25, 0.3) is 0 Å². The van der Waals surface area contributed by atoms with Crippen LogP contribution in [0.5, 0.6) is 5.75 Å². The first-order chi connectivity index (χ1) is 12.2. The molecule has 1 saturated heterocycles. The van der Waals surface area contributed by atoms with Crippen LogP contribution in [0.15, 0.2) is 48.5 Å². The van der Waals surface area contributed by atoms with Gasteiger partial charge in [0, 0.05) is 13.8 Å². The van der Waals surface area contributed by atoms with Crippen molar-refractivity contribution < 1.29 is 9.53 Å². The Morgan fingerprint density at radius 2 is 1.72 bits per heavy atom. The van der Waals surface area contributed by atoms with Gasteiger partial charge in [-0.2, -0.15) is 0 Å². The summed E-state index contributed by atoms with van der Waals surface area (Å²) >= 11 is 5.84. The quantitative estimate of drug-likeness (QED) is 0.348. The molecule has 0 saturated carbocycles. The van der Waals surface area contributed by atoms with E-state index in [-0.39, 0.29) is 14.8 Å². The molecule has 0 aromatic heterocycles. The van der Waals surface area contributed by atoms with Crippen LogP contribution in [0.2, 0.25) is 23.2 Å². The van der Waals surface area contributed by atoms with Crippen molar-refractivity contribution in [2.75, 3.05) is 0 Å². The molecule has 0 atom stereocenters. The van der Waals surface area contributed by atoms with Gasteiger partial charge in [0.15, 0.2) is 0 Å². The number of esters is 1. The molecule has 2 aromatic rings. The molecule has 2 aromatic carbocycles. The molecule has 131 valence electrons. The Hall–Kier alpha value is -1.58. The van der Waals surface area contributed by atoms with E-state index < -0.39 is 0 Å². The average molecular weight is 372 g/mol. The molecule has 1 radical (unpaired) electrons. The fourth-order valence-corrected chi connectivity index (χ4v) is 6.62. The minimum atomic E-state index is -0.328. The highest BCUT2D eigenvalue weighted by Crippen LogP contribution is 2.35. The smallest absolute Gasteiger partial charge is 0.343 e. The molecular formula is C21H24ClO2Si. The molecule has 3 rings (SSSR count). The topological polar surface area (TPSA) is 26.3 Å². The lowest BCUT2D eigenvalue weighted by Gasteiger charge is -2.27. The first kappa shape index (κ1) is 18.2. The molecule has 1 aliphatic rings. The van der Waals surface area contributed by atoms with Crippen molar-refractivity contribution in [2.24, 2.45) is 0 Å². The van der Waals surface area contributed by atoms with Crippen molar-refractivity contribution in [2.45, 2.75) is 50.2 Å². The minimum Gasteiger partial charge on any atom is -0.423 e. The number of halogens is 1. The van der Waals surface area contributed by atoms with Gasteiger partial charge in [-0.05, 0) is 60.7 Å². The van der Waals surface area contributed by atoms with Crippen LogP contribution in [0.1, 0.15) is 48.0 Å². The summed E-state index contributed by atoms with van der Waals surface area (Å²) < 4.78 is 5.39. The number of carbonyl (C=O) groups is 1. The van der Waals surface area contributed by atoms with Crippen LogP contribution in [0.3, 0.4) is 0 Å². The van der Waals surface area contributed by atoms with Gasteiger partial charge in [0.2, 0.25) is 0 Å². The number of hydrogen-bond donors (Lipinski definition) is 0. The lowest BCUT2D eigenvalue weighted by atomic mass is 9.93. The first-order valence-corrected chi connectivity index (χ1v) is 11.6. The summed E-state index contributed by atoms with van der Waals surface area (Å²) in [5.74, 6) is 0.842. The van der Waals surface area contributed by atoms with Crippen LogP contribution in [-0.4, -0.2) is 14.8 Å². The predicted molar refractivity (Wildman–Crippen MR) is 105 cm³/mol. The zero-order valence-corrected chi connectivity index (χ0v) is 16.4. The third-order valence-corrected chi connectivity index (χ3v) is 8.39. The van der Waals surface area contributed by atoms with Gasteiger partial charge in [0.1, 0.15) is 5.75 Å². The van der Waals surface area contributed by atoms with Gasteiger partial charge >= 0.3 is 5.97 Å². The van der Waals surface area contributed by atoms with Crippen molar-refractivity contribution in [3.8, 4) is 5.75 Å². The molecule has 0 aliphatic carbocycles. The third-order valence-electron chi connectivity index (χ3n) is 4.94. The highest BCUT2D eigenvalue weighted by atomic mass is 35.5. The van der Waals surface area contributed by atoms with Crippen molar-refractivity contribution in [1.29, 1.82) is 0 Å². The average Bonchev–Trinajstić information content (AvgIpc) is 2.65. The van der Waals surface area contributed by atoms with Crippen LogP contribution in [0, 0.1) is 0 Å². The van der Waals surface area contributed by atoms with Gasteiger partial charge in [-0.3, -0.25) is 0 Å². The van der Waals surface area contributed by atoms with Gasteiger partial charge < -0.3 is 4.74 Å². The van der Waals surface area contributed by atoms with Crippen molar-refractivity contribution in [3.63, 3.8) is 0 Å².